The molecule has 0 unspecified atom stereocenters. The van der Waals surface area contributed by atoms with Gasteiger partial charge in [-0.1, -0.05) is 203 Å². The summed E-state index contributed by atoms with van der Waals surface area (Å²) < 4.78 is 24.6. The maximum Gasteiger partial charge on any atom is 2.00 e. The standard InChI is InChI=1S/2C26H39O2PS2.Zn/c2*1-3-5-7-9-11-17-23-19-13-15-21-25(23)27-29(30,31)28-26-22-16-14-20-24(26)18-12-10-8-6-4-2;/h2*13-16,19-22H,3-12,17-18H2,1-2H3,(H,30,31);/q;;+2/p-2. The zero-order valence-corrected chi connectivity index (χ0v) is 47.1. The molecule has 0 heterocycles. The average molecular weight is 1020 g/mol. The number of hydrogen-bond acceptors (Lipinski definition) is 8. The number of hydrogen-bond donors (Lipinski definition) is 0. The monoisotopic (exact) mass is 1020 g/mol. The molecule has 63 heavy (non-hydrogen) atoms. The minimum atomic E-state index is -2.87. The van der Waals surface area contributed by atoms with Crippen LogP contribution >= 0.6 is 11.4 Å². The molecule has 0 aliphatic heterocycles. The molecule has 0 N–H and O–H groups in total. The normalized spacial score (nSPS) is 11.3. The summed E-state index contributed by atoms with van der Waals surface area (Å²) in [5, 5.41) is 0. The van der Waals surface area contributed by atoms with Gasteiger partial charge in [-0.3, -0.25) is 0 Å². The van der Waals surface area contributed by atoms with E-state index in [4.69, 9.17) is 66.2 Å². The van der Waals surface area contributed by atoms with E-state index in [2.05, 4.69) is 76.2 Å². The number of rotatable bonds is 32. The van der Waals surface area contributed by atoms with E-state index in [-0.39, 0.29) is 19.5 Å². The Bertz CT molecular complexity index is 1630. The number of para-hydroxylation sites is 4. The van der Waals surface area contributed by atoms with Crippen LogP contribution in [0, 0.1) is 0 Å². The van der Waals surface area contributed by atoms with Crippen LogP contribution in [0.2, 0.25) is 0 Å². The molecule has 344 valence electrons. The van der Waals surface area contributed by atoms with Crippen molar-refractivity contribution in [3.8, 4) is 23.0 Å². The summed E-state index contributed by atoms with van der Waals surface area (Å²) in [6.07, 6.45) is 28.9. The summed E-state index contributed by atoms with van der Waals surface area (Å²) in [6, 6.07) is 32.5. The second-order valence-electron chi connectivity index (χ2n) is 16.3. The summed E-state index contributed by atoms with van der Waals surface area (Å²) in [4.78, 5) is 0. The minimum absolute atomic E-state index is 0. The molecule has 0 saturated carbocycles. The molecule has 0 aliphatic rings. The van der Waals surface area contributed by atoms with E-state index < -0.39 is 11.4 Å². The van der Waals surface area contributed by atoms with Gasteiger partial charge >= 0.3 is 19.5 Å². The Balaban J connectivity index is 0.000000427. The van der Waals surface area contributed by atoms with Crippen molar-refractivity contribution in [2.24, 2.45) is 0 Å². The van der Waals surface area contributed by atoms with Crippen LogP contribution in [0.1, 0.15) is 178 Å². The molecule has 4 rings (SSSR count). The first kappa shape index (κ1) is 57.8. The largest absolute Gasteiger partial charge is 2.00 e. The molecule has 0 fully saturated rings. The number of benzene rings is 4. The summed E-state index contributed by atoms with van der Waals surface area (Å²) in [5.41, 5.74) is -1.06. The van der Waals surface area contributed by atoms with Crippen molar-refractivity contribution in [3.63, 3.8) is 0 Å². The molecule has 0 aromatic heterocycles. The zero-order valence-electron chi connectivity index (χ0n) is 39.1. The van der Waals surface area contributed by atoms with Crippen LogP contribution in [-0.2, 0) is 93.3 Å². The predicted octanol–water partition coefficient (Wildman–Crippen LogP) is 17.9. The van der Waals surface area contributed by atoms with Gasteiger partial charge in [0.15, 0.2) is 11.4 Å². The molecule has 0 aliphatic carbocycles. The van der Waals surface area contributed by atoms with Crippen molar-refractivity contribution in [1.82, 2.24) is 0 Å². The second-order valence-corrected chi connectivity index (χ2v) is 26.0. The van der Waals surface area contributed by atoms with E-state index in [1.165, 1.54) is 125 Å². The Morgan fingerprint density at radius 1 is 0.333 bits per heavy atom. The van der Waals surface area contributed by atoms with E-state index in [1.807, 2.05) is 48.5 Å². The minimum Gasteiger partial charge on any atom is -0.665 e. The van der Waals surface area contributed by atoms with Crippen molar-refractivity contribution in [2.75, 3.05) is 0 Å². The third-order valence-electron chi connectivity index (χ3n) is 10.9. The van der Waals surface area contributed by atoms with Crippen molar-refractivity contribution < 1.29 is 37.6 Å². The van der Waals surface area contributed by atoms with E-state index >= 15 is 0 Å². The van der Waals surface area contributed by atoms with Crippen LogP contribution in [0.25, 0.3) is 0 Å². The third-order valence-corrected chi connectivity index (χ3v) is 14.4. The molecule has 0 spiro atoms. The Labute approximate surface area is 418 Å². The van der Waals surface area contributed by atoms with Crippen molar-refractivity contribution in [1.29, 1.82) is 0 Å². The first-order chi connectivity index (χ1) is 30.1. The number of aryl methyl sites for hydroxylation is 4. The Hall–Kier alpha value is -1.30. The molecule has 0 saturated heterocycles. The van der Waals surface area contributed by atoms with E-state index in [1.54, 1.807) is 0 Å². The van der Waals surface area contributed by atoms with Crippen LogP contribution < -0.4 is 18.1 Å². The zero-order chi connectivity index (χ0) is 44.7. The SMILES string of the molecule is CCCCCCCc1ccccc1OP(=S)([S-])Oc1ccccc1CCCCCCC.CCCCCCCc1ccccc1OP(=S)([S-])Oc1ccccc1CCCCCCC.[Zn+2]. The van der Waals surface area contributed by atoms with Gasteiger partial charge in [0.1, 0.15) is 23.0 Å². The molecular formula is C52H76O4P2S4Zn. The fraction of sp³-hybridized carbons (Fsp3) is 0.538. The Kier molecular flexibility index (Phi) is 32.1. The fourth-order valence-electron chi connectivity index (χ4n) is 7.39. The van der Waals surface area contributed by atoms with Gasteiger partial charge in [0.2, 0.25) is 0 Å². The van der Waals surface area contributed by atoms with Gasteiger partial charge in [-0.15, -0.1) is 0 Å². The first-order valence-electron chi connectivity index (χ1n) is 23.8. The van der Waals surface area contributed by atoms with Gasteiger partial charge in [-0.2, -0.15) is 0 Å². The molecule has 0 radical (unpaired) electrons. The fourth-order valence-corrected chi connectivity index (χ4v) is 11.1. The van der Waals surface area contributed by atoms with Crippen LogP contribution in [0.5, 0.6) is 23.0 Å². The summed E-state index contributed by atoms with van der Waals surface area (Å²) in [6.45, 7) is 8.96. The number of unbranched alkanes of at least 4 members (excludes halogenated alkanes) is 16. The maximum absolute atomic E-state index is 6.15. The summed E-state index contributed by atoms with van der Waals surface area (Å²) in [5.74, 6) is 3.14. The second kappa shape index (κ2) is 34.9. The molecule has 11 heteroatoms. The smallest absolute Gasteiger partial charge is 0.665 e. The molecule has 4 aromatic rings. The Morgan fingerprint density at radius 2 is 0.524 bits per heavy atom. The maximum atomic E-state index is 6.15. The van der Waals surface area contributed by atoms with Crippen molar-refractivity contribution >= 4 is 59.5 Å². The topological polar surface area (TPSA) is 36.9 Å². The molecule has 4 nitrogen and oxygen atoms in total. The molecule has 0 atom stereocenters. The Morgan fingerprint density at radius 3 is 0.730 bits per heavy atom. The summed E-state index contributed by atoms with van der Waals surface area (Å²) in [7, 11) is 0. The van der Waals surface area contributed by atoms with Gasteiger partial charge in [0, 0.05) is 0 Å². The molecule has 0 amide bonds. The molecule has 4 aromatic carbocycles. The summed E-state index contributed by atoms with van der Waals surface area (Å²) >= 11 is 22.6. The van der Waals surface area contributed by atoms with Gasteiger partial charge in [0.05, 0.1) is 0 Å². The van der Waals surface area contributed by atoms with Gasteiger partial charge in [-0.05, 0) is 121 Å². The first-order valence-corrected chi connectivity index (χ1v) is 31.1. The van der Waals surface area contributed by atoms with E-state index in [0.717, 1.165) is 74.4 Å². The van der Waals surface area contributed by atoms with Gasteiger partial charge in [-0.25, -0.2) is 0 Å². The van der Waals surface area contributed by atoms with Crippen molar-refractivity contribution in [2.45, 2.75) is 182 Å². The van der Waals surface area contributed by atoms with Crippen molar-refractivity contribution in [3.05, 3.63) is 119 Å². The predicted molar refractivity (Wildman–Crippen MR) is 281 cm³/mol. The molecular weight excluding hydrogens is 944 g/mol. The van der Waals surface area contributed by atoms with Gasteiger partial charge < -0.3 is 42.6 Å². The van der Waals surface area contributed by atoms with E-state index in [9.17, 15) is 0 Å². The van der Waals surface area contributed by atoms with Crippen LogP contribution in [0.4, 0.5) is 0 Å². The van der Waals surface area contributed by atoms with Crippen LogP contribution in [0.3, 0.4) is 0 Å². The van der Waals surface area contributed by atoms with Crippen LogP contribution in [0.15, 0.2) is 97.1 Å². The van der Waals surface area contributed by atoms with Gasteiger partial charge in [0.25, 0.3) is 0 Å². The van der Waals surface area contributed by atoms with E-state index in [0.29, 0.717) is 0 Å². The van der Waals surface area contributed by atoms with Crippen LogP contribution in [-0.4, -0.2) is 0 Å². The quantitative estimate of drug-likeness (QED) is 0.0207. The third kappa shape index (κ3) is 25.4. The molecule has 0 bridgehead atoms. The average Bonchev–Trinajstić information content (AvgIpc) is 3.25.